The van der Waals surface area contributed by atoms with E-state index in [1.54, 1.807) is 0 Å². The van der Waals surface area contributed by atoms with Crippen molar-refractivity contribution in [3.8, 4) is 0 Å². The molecule has 0 bridgehead atoms. The van der Waals surface area contributed by atoms with Gasteiger partial charge in [-0.15, -0.1) is 0 Å². The predicted molar refractivity (Wildman–Crippen MR) is 41.1 cm³/mol. The standard InChI is InChI=1S/C7H7FN2O2/c8-5-1-3-6(4-2-5)10(9)7(11)12/h1-4H,9H2,(H,11,12). The molecule has 0 aliphatic carbocycles. The Balaban J connectivity index is 2.89. The number of hydrogen-bond acceptors (Lipinski definition) is 2. The van der Waals surface area contributed by atoms with Crippen molar-refractivity contribution in [3.05, 3.63) is 30.1 Å². The van der Waals surface area contributed by atoms with Crippen LogP contribution in [-0.2, 0) is 0 Å². The summed E-state index contributed by atoms with van der Waals surface area (Å²) in [4.78, 5) is 10.3. The van der Waals surface area contributed by atoms with Crippen molar-refractivity contribution < 1.29 is 14.3 Å². The number of rotatable bonds is 1. The van der Waals surface area contributed by atoms with Crippen LogP contribution < -0.4 is 10.9 Å². The lowest BCUT2D eigenvalue weighted by Crippen LogP contribution is -2.35. The van der Waals surface area contributed by atoms with E-state index in [0.29, 0.717) is 5.01 Å². The molecule has 1 aromatic carbocycles. The van der Waals surface area contributed by atoms with Gasteiger partial charge in [0.1, 0.15) is 5.82 Å². The molecule has 0 aromatic heterocycles. The van der Waals surface area contributed by atoms with Crippen molar-refractivity contribution in [2.75, 3.05) is 5.01 Å². The molecule has 0 aliphatic rings. The fourth-order valence-corrected chi connectivity index (χ4v) is 0.712. The van der Waals surface area contributed by atoms with Gasteiger partial charge in [0.25, 0.3) is 0 Å². The molecule has 0 saturated heterocycles. The third-order valence-electron chi connectivity index (χ3n) is 1.31. The van der Waals surface area contributed by atoms with E-state index in [1.807, 2.05) is 0 Å². The molecule has 0 aliphatic heterocycles. The molecule has 1 aromatic rings. The van der Waals surface area contributed by atoms with Crippen molar-refractivity contribution >= 4 is 11.8 Å². The van der Waals surface area contributed by atoms with Crippen LogP contribution in [0.5, 0.6) is 0 Å². The number of amides is 1. The molecule has 0 saturated carbocycles. The van der Waals surface area contributed by atoms with Crippen LogP contribution in [0.2, 0.25) is 0 Å². The molecule has 0 atom stereocenters. The van der Waals surface area contributed by atoms with Crippen LogP contribution in [0.4, 0.5) is 14.9 Å². The van der Waals surface area contributed by atoms with Crippen molar-refractivity contribution in [2.45, 2.75) is 0 Å². The molecule has 1 amide bonds. The molecule has 0 heterocycles. The maximum atomic E-state index is 12.3. The number of carbonyl (C=O) groups is 1. The first-order valence-electron chi connectivity index (χ1n) is 3.14. The quantitative estimate of drug-likeness (QED) is 0.378. The van der Waals surface area contributed by atoms with Crippen molar-refractivity contribution in [3.63, 3.8) is 0 Å². The summed E-state index contributed by atoms with van der Waals surface area (Å²) in [5.41, 5.74) is 0.226. The molecule has 3 N–H and O–H groups in total. The van der Waals surface area contributed by atoms with Crippen LogP contribution in [-0.4, -0.2) is 11.2 Å². The van der Waals surface area contributed by atoms with E-state index in [-0.39, 0.29) is 5.69 Å². The van der Waals surface area contributed by atoms with Crippen molar-refractivity contribution in [1.29, 1.82) is 0 Å². The molecule has 1 rings (SSSR count). The Kier molecular flexibility index (Phi) is 2.25. The number of hydrogen-bond donors (Lipinski definition) is 2. The Morgan fingerprint density at radius 1 is 1.42 bits per heavy atom. The Morgan fingerprint density at radius 3 is 2.33 bits per heavy atom. The van der Waals surface area contributed by atoms with E-state index in [2.05, 4.69) is 0 Å². The minimum absolute atomic E-state index is 0.226. The molecule has 64 valence electrons. The Bertz CT molecular complexity index is 286. The summed E-state index contributed by atoms with van der Waals surface area (Å²) < 4.78 is 12.3. The Morgan fingerprint density at radius 2 is 1.92 bits per heavy atom. The molecule has 4 nitrogen and oxygen atoms in total. The SMILES string of the molecule is NN(C(=O)O)c1ccc(F)cc1. The largest absolute Gasteiger partial charge is 0.464 e. The molecular weight excluding hydrogens is 163 g/mol. The minimum atomic E-state index is -1.29. The van der Waals surface area contributed by atoms with Gasteiger partial charge < -0.3 is 5.11 Å². The summed E-state index contributed by atoms with van der Waals surface area (Å²) >= 11 is 0. The molecular formula is C7H7FN2O2. The first-order chi connectivity index (χ1) is 5.61. The van der Waals surface area contributed by atoms with Crippen molar-refractivity contribution in [1.82, 2.24) is 0 Å². The summed E-state index contributed by atoms with van der Waals surface area (Å²) in [6.45, 7) is 0. The lowest BCUT2D eigenvalue weighted by atomic mass is 10.3. The van der Waals surface area contributed by atoms with Gasteiger partial charge in [0, 0.05) is 0 Å². The number of halogens is 1. The molecule has 0 fully saturated rings. The van der Waals surface area contributed by atoms with Gasteiger partial charge in [-0.3, -0.25) is 0 Å². The first kappa shape index (κ1) is 8.48. The maximum Gasteiger partial charge on any atom is 0.426 e. The van der Waals surface area contributed by atoms with E-state index < -0.39 is 11.9 Å². The zero-order valence-electron chi connectivity index (χ0n) is 6.07. The van der Waals surface area contributed by atoms with E-state index in [1.165, 1.54) is 12.1 Å². The smallest absolute Gasteiger partial charge is 0.426 e. The highest BCUT2D eigenvalue weighted by Crippen LogP contribution is 2.11. The normalized spacial score (nSPS) is 9.50. The van der Waals surface area contributed by atoms with E-state index in [0.717, 1.165) is 12.1 Å². The highest BCUT2D eigenvalue weighted by Gasteiger charge is 2.07. The minimum Gasteiger partial charge on any atom is -0.464 e. The topological polar surface area (TPSA) is 66.6 Å². The number of anilines is 1. The third-order valence-corrected chi connectivity index (χ3v) is 1.31. The van der Waals surface area contributed by atoms with Crippen LogP contribution in [0.3, 0.4) is 0 Å². The number of benzene rings is 1. The number of hydrazine groups is 1. The van der Waals surface area contributed by atoms with Gasteiger partial charge in [0.05, 0.1) is 5.69 Å². The fraction of sp³-hybridized carbons (Fsp3) is 0. The zero-order chi connectivity index (χ0) is 9.14. The van der Waals surface area contributed by atoms with Crippen LogP contribution in [0.15, 0.2) is 24.3 Å². The monoisotopic (exact) mass is 170 g/mol. The summed E-state index contributed by atoms with van der Waals surface area (Å²) in [5, 5.41) is 8.93. The van der Waals surface area contributed by atoms with Gasteiger partial charge in [-0.25, -0.2) is 20.0 Å². The molecule has 0 unspecified atom stereocenters. The average Bonchev–Trinajstić information content (AvgIpc) is 2.04. The predicted octanol–water partition coefficient (Wildman–Crippen LogP) is 1.18. The average molecular weight is 170 g/mol. The molecule has 0 radical (unpaired) electrons. The maximum absolute atomic E-state index is 12.3. The molecule has 5 heteroatoms. The summed E-state index contributed by atoms with van der Waals surface area (Å²) in [6.07, 6.45) is -1.29. The number of nitrogens with two attached hydrogens (primary N) is 1. The first-order valence-corrected chi connectivity index (χ1v) is 3.14. The van der Waals surface area contributed by atoms with E-state index >= 15 is 0 Å². The van der Waals surface area contributed by atoms with Crippen LogP contribution in [0.1, 0.15) is 0 Å². The Labute approximate surface area is 68.0 Å². The second-order valence-corrected chi connectivity index (χ2v) is 2.13. The summed E-state index contributed by atoms with van der Waals surface area (Å²) in [5.74, 6) is 4.67. The summed E-state index contributed by atoms with van der Waals surface area (Å²) in [6, 6.07) is 4.84. The lowest BCUT2D eigenvalue weighted by Gasteiger charge is -2.11. The zero-order valence-corrected chi connectivity index (χ0v) is 6.07. The highest BCUT2D eigenvalue weighted by atomic mass is 19.1. The van der Waals surface area contributed by atoms with E-state index in [9.17, 15) is 9.18 Å². The molecule has 12 heavy (non-hydrogen) atoms. The van der Waals surface area contributed by atoms with Crippen LogP contribution in [0.25, 0.3) is 0 Å². The van der Waals surface area contributed by atoms with Gasteiger partial charge in [0.15, 0.2) is 0 Å². The van der Waals surface area contributed by atoms with E-state index in [4.69, 9.17) is 10.9 Å². The lowest BCUT2D eigenvalue weighted by molar-refractivity contribution is 0.202. The summed E-state index contributed by atoms with van der Waals surface area (Å²) in [7, 11) is 0. The number of nitrogens with zero attached hydrogens (tertiary/aromatic N) is 1. The van der Waals surface area contributed by atoms with Gasteiger partial charge in [-0.05, 0) is 24.3 Å². The van der Waals surface area contributed by atoms with Crippen LogP contribution >= 0.6 is 0 Å². The van der Waals surface area contributed by atoms with Gasteiger partial charge in [-0.2, -0.15) is 0 Å². The highest BCUT2D eigenvalue weighted by molar-refractivity contribution is 5.84. The third kappa shape index (κ3) is 1.70. The van der Waals surface area contributed by atoms with Gasteiger partial charge >= 0.3 is 6.09 Å². The second-order valence-electron chi connectivity index (χ2n) is 2.13. The van der Waals surface area contributed by atoms with Crippen LogP contribution in [0, 0.1) is 5.82 Å². The molecule has 0 spiro atoms. The van der Waals surface area contributed by atoms with Crippen molar-refractivity contribution in [2.24, 2.45) is 5.84 Å². The van der Waals surface area contributed by atoms with Gasteiger partial charge in [-0.1, -0.05) is 0 Å². The second kappa shape index (κ2) is 3.19. The number of carboxylic acid groups (broad SMARTS) is 1. The Hall–Kier alpha value is -1.62. The van der Waals surface area contributed by atoms with Gasteiger partial charge in [0.2, 0.25) is 0 Å². The fourth-order valence-electron chi connectivity index (χ4n) is 0.712.